The molecule has 3 aromatic rings. The van der Waals surface area contributed by atoms with Gasteiger partial charge in [-0.25, -0.2) is 4.98 Å². The Morgan fingerprint density at radius 2 is 1.87 bits per heavy atom. The molecule has 0 aliphatic heterocycles. The molecular weight excluding hydrogens is 322 g/mol. The minimum atomic E-state index is 0.122. The van der Waals surface area contributed by atoms with Gasteiger partial charge in [-0.2, -0.15) is 0 Å². The second-order valence-corrected chi connectivity index (χ2v) is 7.00. The molecule has 0 radical (unpaired) electrons. The molecule has 0 bridgehead atoms. The van der Waals surface area contributed by atoms with Crippen molar-refractivity contribution in [2.75, 3.05) is 12.4 Å². The van der Waals surface area contributed by atoms with Crippen molar-refractivity contribution in [3.05, 3.63) is 59.1 Å². The van der Waals surface area contributed by atoms with Crippen LogP contribution < -0.4 is 5.32 Å². The molecule has 5 heteroatoms. The van der Waals surface area contributed by atoms with Crippen molar-refractivity contribution < 1.29 is 0 Å². The van der Waals surface area contributed by atoms with Gasteiger partial charge in [-0.1, -0.05) is 30.3 Å². The van der Waals surface area contributed by atoms with Crippen LogP contribution in [0.25, 0.3) is 10.2 Å². The zero-order valence-electron chi connectivity index (χ0n) is 13.4. The lowest BCUT2D eigenvalue weighted by atomic mass is 10.2. The molecule has 1 heterocycles. The fraction of sp³-hybridized carbons (Fsp3) is 0.222. The van der Waals surface area contributed by atoms with Crippen LogP contribution in [-0.2, 0) is 0 Å². The van der Waals surface area contributed by atoms with Crippen molar-refractivity contribution in [1.82, 2.24) is 9.88 Å². The molecule has 1 N–H and O–H groups in total. The van der Waals surface area contributed by atoms with Crippen LogP contribution in [0, 0.1) is 6.92 Å². The standard InChI is InChI=1S/C18H19N3S2/c1-12-8-4-5-9-14(12)20-18(22)21(3)13(2)17-19-15-10-6-7-11-16(15)23-17/h4-11,13H,1-3H3,(H,20,22)/t13-/m0/s1. The zero-order valence-corrected chi connectivity index (χ0v) is 15.0. The van der Waals surface area contributed by atoms with Crippen LogP contribution in [-0.4, -0.2) is 22.0 Å². The number of fused-ring (bicyclic) bond motifs is 1. The first-order valence-corrected chi connectivity index (χ1v) is 8.73. The van der Waals surface area contributed by atoms with E-state index in [4.69, 9.17) is 17.2 Å². The summed E-state index contributed by atoms with van der Waals surface area (Å²) in [5.74, 6) is 0. The number of thiazole rings is 1. The number of aromatic nitrogens is 1. The van der Waals surface area contributed by atoms with Gasteiger partial charge in [0.25, 0.3) is 0 Å². The van der Waals surface area contributed by atoms with Crippen molar-refractivity contribution in [2.45, 2.75) is 19.9 Å². The van der Waals surface area contributed by atoms with Crippen LogP contribution in [0.2, 0.25) is 0 Å². The highest BCUT2D eigenvalue weighted by atomic mass is 32.1. The Balaban J connectivity index is 1.77. The quantitative estimate of drug-likeness (QED) is 0.679. The predicted molar refractivity (Wildman–Crippen MR) is 103 cm³/mol. The van der Waals surface area contributed by atoms with E-state index in [1.54, 1.807) is 11.3 Å². The number of hydrogen-bond donors (Lipinski definition) is 1. The molecular formula is C18H19N3S2. The molecule has 118 valence electrons. The van der Waals surface area contributed by atoms with Crippen molar-refractivity contribution >= 4 is 44.6 Å². The lowest BCUT2D eigenvalue weighted by molar-refractivity contribution is 0.407. The number of hydrogen-bond acceptors (Lipinski definition) is 3. The van der Waals surface area contributed by atoms with E-state index in [0.29, 0.717) is 5.11 Å². The Kier molecular flexibility index (Phi) is 4.59. The lowest BCUT2D eigenvalue weighted by Crippen LogP contribution is -2.33. The van der Waals surface area contributed by atoms with Crippen LogP contribution in [0.5, 0.6) is 0 Å². The number of aryl methyl sites for hydroxylation is 1. The van der Waals surface area contributed by atoms with Gasteiger partial charge in [0.1, 0.15) is 5.01 Å². The molecule has 3 rings (SSSR count). The van der Waals surface area contributed by atoms with Crippen LogP contribution in [0.4, 0.5) is 5.69 Å². The van der Waals surface area contributed by atoms with Gasteiger partial charge in [0.15, 0.2) is 5.11 Å². The average molecular weight is 342 g/mol. The summed E-state index contributed by atoms with van der Waals surface area (Å²) in [5.41, 5.74) is 3.27. The lowest BCUT2D eigenvalue weighted by Gasteiger charge is -2.26. The SMILES string of the molecule is Cc1ccccc1NC(=S)N(C)[C@@H](C)c1nc2ccccc2s1. The molecule has 1 aromatic heterocycles. The second-order valence-electron chi connectivity index (χ2n) is 5.55. The van der Waals surface area contributed by atoms with Gasteiger partial charge in [-0.05, 0) is 49.8 Å². The Morgan fingerprint density at radius 3 is 2.61 bits per heavy atom. The van der Waals surface area contributed by atoms with Crippen LogP contribution in [0.1, 0.15) is 23.5 Å². The Morgan fingerprint density at radius 1 is 1.17 bits per heavy atom. The van der Waals surface area contributed by atoms with Gasteiger partial charge >= 0.3 is 0 Å². The zero-order chi connectivity index (χ0) is 16.4. The fourth-order valence-electron chi connectivity index (χ4n) is 2.33. The van der Waals surface area contributed by atoms with Gasteiger partial charge in [-0.15, -0.1) is 11.3 Å². The van der Waals surface area contributed by atoms with E-state index >= 15 is 0 Å². The highest BCUT2D eigenvalue weighted by Crippen LogP contribution is 2.29. The molecule has 0 saturated carbocycles. The molecule has 0 saturated heterocycles. The molecule has 0 spiro atoms. The molecule has 0 amide bonds. The first-order valence-electron chi connectivity index (χ1n) is 7.51. The van der Waals surface area contributed by atoms with Gasteiger partial charge in [-0.3, -0.25) is 0 Å². The van der Waals surface area contributed by atoms with E-state index in [1.165, 1.54) is 10.3 Å². The molecule has 0 unspecified atom stereocenters. The molecule has 0 aliphatic carbocycles. The maximum atomic E-state index is 5.57. The summed E-state index contributed by atoms with van der Waals surface area (Å²) in [6.07, 6.45) is 0. The van der Waals surface area contributed by atoms with E-state index in [2.05, 4.69) is 36.2 Å². The highest BCUT2D eigenvalue weighted by Gasteiger charge is 2.18. The smallest absolute Gasteiger partial charge is 0.173 e. The van der Waals surface area contributed by atoms with Crippen LogP contribution in [0.15, 0.2) is 48.5 Å². The Bertz CT molecular complexity index is 808. The highest BCUT2D eigenvalue weighted by molar-refractivity contribution is 7.80. The van der Waals surface area contributed by atoms with Crippen molar-refractivity contribution in [1.29, 1.82) is 0 Å². The summed E-state index contributed by atoms with van der Waals surface area (Å²) < 4.78 is 1.21. The number of rotatable bonds is 3. The third-order valence-electron chi connectivity index (χ3n) is 3.96. The number of thiocarbonyl (C=S) groups is 1. The van der Waals surface area contributed by atoms with Gasteiger partial charge in [0, 0.05) is 12.7 Å². The average Bonchev–Trinajstić information content (AvgIpc) is 2.99. The predicted octanol–water partition coefficient (Wildman–Crippen LogP) is 4.99. The molecule has 0 fully saturated rings. The van der Waals surface area contributed by atoms with Gasteiger partial charge in [0.05, 0.1) is 16.3 Å². The summed E-state index contributed by atoms with van der Waals surface area (Å²) in [5, 5.41) is 5.10. The van der Waals surface area contributed by atoms with E-state index in [1.807, 2.05) is 43.4 Å². The Labute approximate surface area is 146 Å². The minimum absolute atomic E-state index is 0.122. The maximum absolute atomic E-state index is 5.57. The number of anilines is 1. The van der Waals surface area contributed by atoms with Gasteiger partial charge < -0.3 is 10.2 Å². The molecule has 2 aromatic carbocycles. The monoisotopic (exact) mass is 341 g/mol. The summed E-state index contributed by atoms with van der Waals surface area (Å²) in [4.78, 5) is 6.79. The number of nitrogens with zero attached hydrogens (tertiary/aromatic N) is 2. The summed E-state index contributed by atoms with van der Waals surface area (Å²) >= 11 is 7.29. The third-order valence-corrected chi connectivity index (χ3v) is 5.55. The Hall–Kier alpha value is -1.98. The number of benzene rings is 2. The summed E-state index contributed by atoms with van der Waals surface area (Å²) in [6.45, 7) is 4.20. The number of para-hydroxylation sites is 2. The number of nitrogens with one attached hydrogen (secondary N) is 1. The maximum Gasteiger partial charge on any atom is 0.173 e. The molecule has 3 nitrogen and oxygen atoms in total. The van der Waals surface area contributed by atoms with Crippen molar-refractivity contribution in [3.8, 4) is 0 Å². The first-order chi connectivity index (χ1) is 11.1. The first kappa shape index (κ1) is 15.9. The summed E-state index contributed by atoms with van der Waals surface area (Å²) in [6, 6.07) is 16.5. The normalized spacial score (nSPS) is 12.1. The molecule has 0 aliphatic rings. The molecule has 23 heavy (non-hydrogen) atoms. The van der Waals surface area contributed by atoms with Crippen LogP contribution in [0.3, 0.4) is 0 Å². The topological polar surface area (TPSA) is 28.2 Å². The van der Waals surface area contributed by atoms with Crippen molar-refractivity contribution in [2.24, 2.45) is 0 Å². The van der Waals surface area contributed by atoms with E-state index in [0.717, 1.165) is 16.2 Å². The molecule has 1 atom stereocenters. The largest absolute Gasteiger partial charge is 0.343 e. The minimum Gasteiger partial charge on any atom is -0.343 e. The van der Waals surface area contributed by atoms with Gasteiger partial charge in [0.2, 0.25) is 0 Å². The fourth-order valence-corrected chi connectivity index (χ4v) is 3.66. The second kappa shape index (κ2) is 6.64. The van der Waals surface area contributed by atoms with E-state index < -0.39 is 0 Å². The van der Waals surface area contributed by atoms with E-state index in [-0.39, 0.29) is 6.04 Å². The summed E-state index contributed by atoms with van der Waals surface area (Å²) in [7, 11) is 2.00. The third kappa shape index (κ3) is 3.35. The van der Waals surface area contributed by atoms with Crippen molar-refractivity contribution in [3.63, 3.8) is 0 Å². The van der Waals surface area contributed by atoms with E-state index in [9.17, 15) is 0 Å². The van der Waals surface area contributed by atoms with Crippen LogP contribution >= 0.6 is 23.6 Å².